The van der Waals surface area contributed by atoms with E-state index in [4.69, 9.17) is 22.7 Å². The van der Waals surface area contributed by atoms with Crippen molar-refractivity contribution in [1.82, 2.24) is 0 Å². The monoisotopic (exact) mass is 330 g/mol. The van der Waals surface area contributed by atoms with Crippen molar-refractivity contribution in [3.8, 4) is 0 Å². The molecule has 0 amide bonds. The van der Waals surface area contributed by atoms with Crippen LogP contribution < -0.4 is 11.1 Å². The number of nitrogens with one attached hydrogen (secondary N) is 1. The summed E-state index contributed by atoms with van der Waals surface area (Å²) in [6.45, 7) is 1.79. The van der Waals surface area contributed by atoms with E-state index >= 15 is 0 Å². The average Bonchev–Trinajstić information content (AvgIpc) is 2.35. The van der Waals surface area contributed by atoms with Crippen molar-refractivity contribution in [2.24, 2.45) is 5.73 Å². The molecule has 3 N–H and O–H groups in total. The Bertz CT molecular complexity index is 399. The van der Waals surface area contributed by atoms with Gasteiger partial charge in [0, 0.05) is 36.0 Å². The van der Waals surface area contributed by atoms with Crippen LogP contribution in [0.2, 0.25) is 0 Å². The Morgan fingerprint density at radius 3 is 2.78 bits per heavy atom. The van der Waals surface area contributed by atoms with Crippen molar-refractivity contribution < 1.29 is 4.74 Å². The van der Waals surface area contributed by atoms with E-state index in [2.05, 4.69) is 21.2 Å². The lowest BCUT2D eigenvalue weighted by molar-refractivity contribution is 0.192. The lowest BCUT2D eigenvalue weighted by Crippen LogP contribution is -2.10. The minimum absolute atomic E-state index is 0.418. The maximum Gasteiger partial charge on any atom is 0.104 e. The molecule has 0 spiro atoms. The average molecular weight is 331 g/mol. The van der Waals surface area contributed by atoms with Gasteiger partial charge in [0.25, 0.3) is 0 Å². The highest BCUT2D eigenvalue weighted by molar-refractivity contribution is 9.10. The Kier molecular flexibility index (Phi) is 7.23. The van der Waals surface area contributed by atoms with E-state index in [9.17, 15) is 0 Å². The van der Waals surface area contributed by atoms with Gasteiger partial charge in [-0.2, -0.15) is 0 Å². The van der Waals surface area contributed by atoms with E-state index in [-0.39, 0.29) is 0 Å². The lowest BCUT2D eigenvalue weighted by atomic mass is 10.2. The number of halogens is 1. The third kappa shape index (κ3) is 5.33. The topological polar surface area (TPSA) is 47.3 Å². The molecule has 18 heavy (non-hydrogen) atoms. The summed E-state index contributed by atoms with van der Waals surface area (Å²) in [6.07, 6.45) is 3.41. The summed E-state index contributed by atoms with van der Waals surface area (Å²) >= 11 is 8.45. The van der Waals surface area contributed by atoms with E-state index in [1.54, 1.807) is 7.11 Å². The summed E-state index contributed by atoms with van der Waals surface area (Å²) in [6, 6.07) is 5.86. The van der Waals surface area contributed by atoms with Crippen LogP contribution >= 0.6 is 28.1 Å². The van der Waals surface area contributed by atoms with Gasteiger partial charge in [0.15, 0.2) is 0 Å². The van der Waals surface area contributed by atoms with Gasteiger partial charge < -0.3 is 15.8 Å². The third-order valence-electron chi connectivity index (χ3n) is 2.59. The van der Waals surface area contributed by atoms with Gasteiger partial charge >= 0.3 is 0 Å². The fourth-order valence-corrected chi connectivity index (χ4v) is 2.23. The molecule has 0 aliphatic heterocycles. The van der Waals surface area contributed by atoms with Gasteiger partial charge in [-0.1, -0.05) is 12.2 Å². The summed E-state index contributed by atoms with van der Waals surface area (Å²) in [5.74, 6) is 0. The first-order valence-corrected chi connectivity index (χ1v) is 7.17. The number of methoxy groups -OCH3 is 1. The molecular weight excluding hydrogens is 312 g/mol. The second-order valence-electron chi connectivity index (χ2n) is 4.04. The molecule has 1 aromatic carbocycles. The van der Waals surface area contributed by atoms with Crippen LogP contribution in [0.5, 0.6) is 0 Å². The molecule has 0 aliphatic carbocycles. The Hall–Kier alpha value is -0.650. The van der Waals surface area contributed by atoms with Crippen molar-refractivity contribution in [3.63, 3.8) is 0 Å². The van der Waals surface area contributed by atoms with Gasteiger partial charge in [-0.15, -0.1) is 0 Å². The Balaban J connectivity index is 2.36. The fraction of sp³-hybridized carbons (Fsp3) is 0.462. The number of unbranched alkanes of at least 4 members (excludes halogenated alkanes) is 2. The zero-order valence-corrected chi connectivity index (χ0v) is 12.9. The summed E-state index contributed by atoms with van der Waals surface area (Å²) in [4.78, 5) is 0.418. The normalized spacial score (nSPS) is 10.3. The van der Waals surface area contributed by atoms with Crippen LogP contribution in [0.15, 0.2) is 22.7 Å². The largest absolute Gasteiger partial charge is 0.389 e. The molecule has 0 heterocycles. The Morgan fingerprint density at radius 1 is 1.39 bits per heavy atom. The van der Waals surface area contributed by atoms with Crippen LogP contribution in [0.1, 0.15) is 24.8 Å². The van der Waals surface area contributed by atoms with Gasteiger partial charge in [0.1, 0.15) is 4.99 Å². The number of hydrogen-bond donors (Lipinski definition) is 2. The molecule has 3 nitrogen and oxygen atoms in total. The highest BCUT2D eigenvalue weighted by atomic mass is 79.9. The summed E-state index contributed by atoms with van der Waals surface area (Å²) in [5, 5.41) is 3.38. The molecule has 1 rings (SSSR count). The molecule has 5 heteroatoms. The minimum Gasteiger partial charge on any atom is -0.389 e. The van der Waals surface area contributed by atoms with Gasteiger partial charge in [-0.05, 0) is 53.4 Å². The highest BCUT2D eigenvalue weighted by Crippen LogP contribution is 2.23. The fourth-order valence-electron chi connectivity index (χ4n) is 1.58. The number of anilines is 1. The molecule has 0 saturated carbocycles. The first kappa shape index (κ1) is 15.4. The maximum atomic E-state index is 5.58. The molecule has 0 unspecified atom stereocenters. The van der Waals surface area contributed by atoms with E-state index in [0.29, 0.717) is 4.99 Å². The van der Waals surface area contributed by atoms with Crippen LogP contribution in [0.4, 0.5) is 5.69 Å². The van der Waals surface area contributed by atoms with Crippen LogP contribution in [-0.2, 0) is 4.74 Å². The molecule has 0 aliphatic rings. The smallest absolute Gasteiger partial charge is 0.104 e. The van der Waals surface area contributed by atoms with E-state index < -0.39 is 0 Å². The second kappa shape index (κ2) is 8.45. The third-order valence-corrected chi connectivity index (χ3v) is 3.49. The Morgan fingerprint density at radius 2 is 2.17 bits per heavy atom. The number of nitrogens with two attached hydrogens (primary N) is 1. The van der Waals surface area contributed by atoms with Crippen molar-refractivity contribution in [1.29, 1.82) is 0 Å². The second-order valence-corrected chi connectivity index (χ2v) is 5.33. The lowest BCUT2D eigenvalue weighted by Gasteiger charge is -2.09. The van der Waals surface area contributed by atoms with E-state index in [1.165, 1.54) is 6.42 Å². The Labute approximate surface area is 122 Å². The number of rotatable bonds is 8. The molecule has 1 aromatic rings. The maximum absolute atomic E-state index is 5.58. The van der Waals surface area contributed by atoms with Crippen LogP contribution in [0.3, 0.4) is 0 Å². The van der Waals surface area contributed by atoms with Crippen LogP contribution in [0.25, 0.3) is 0 Å². The van der Waals surface area contributed by atoms with Crippen molar-refractivity contribution in [2.45, 2.75) is 19.3 Å². The summed E-state index contributed by atoms with van der Waals surface area (Å²) in [5.41, 5.74) is 7.53. The van der Waals surface area contributed by atoms with Crippen molar-refractivity contribution in [2.75, 3.05) is 25.6 Å². The summed E-state index contributed by atoms with van der Waals surface area (Å²) < 4.78 is 6.00. The molecule has 100 valence electrons. The number of thiocarbonyl (C=S) groups is 1. The van der Waals surface area contributed by atoms with Crippen LogP contribution in [0, 0.1) is 0 Å². The SMILES string of the molecule is COCCCCCNc1ccc(C(N)=S)cc1Br. The number of hydrogen-bond acceptors (Lipinski definition) is 3. The standard InChI is InChI=1S/C13H19BrN2OS/c1-17-8-4-2-3-7-16-12-6-5-10(13(15)18)9-11(12)14/h5-6,9,16H,2-4,7-8H2,1H3,(H2,15,18). The quantitative estimate of drug-likeness (QED) is 0.567. The number of ether oxygens (including phenoxy) is 1. The van der Waals surface area contributed by atoms with E-state index in [1.807, 2.05) is 18.2 Å². The first-order chi connectivity index (χ1) is 8.65. The molecule has 0 radical (unpaired) electrons. The van der Waals surface area contributed by atoms with Gasteiger partial charge in [-0.3, -0.25) is 0 Å². The zero-order valence-electron chi connectivity index (χ0n) is 10.5. The van der Waals surface area contributed by atoms with Gasteiger partial charge in [0.2, 0.25) is 0 Å². The molecule has 0 atom stereocenters. The van der Waals surface area contributed by atoms with E-state index in [0.717, 1.165) is 41.7 Å². The highest BCUT2D eigenvalue weighted by Gasteiger charge is 2.02. The molecule has 0 bridgehead atoms. The first-order valence-electron chi connectivity index (χ1n) is 5.97. The predicted molar refractivity (Wildman–Crippen MR) is 84.2 cm³/mol. The van der Waals surface area contributed by atoms with Crippen molar-refractivity contribution in [3.05, 3.63) is 28.2 Å². The molecule has 0 fully saturated rings. The predicted octanol–water partition coefficient (Wildman–Crippen LogP) is 3.31. The summed E-state index contributed by atoms with van der Waals surface area (Å²) in [7, 11) is 1.73. The van der Waals surface area contributed by atoms with Crippen molar-refractivity contribution >= 4 is 38.8 Å². The minimum atomic E-state index is 0.418. The van der Waals surface area contributed by atoms with Gasteiger partial charge in [-0.25, -0.2) is 0 Å². The molecular formula is C13H19BrN2OS. The van der Waals surface area contributed by atoms with Gasteiger partial charge in [0.05, 0.1) is 0 Å². The molecule has 0 aromatic heterocycles. The van der Waals surface area contributed by atoms with Crippen LogP contribution in [-0.4, -0.2) is 25.2 Å². The number of benzene rings is 1. The zero-order chi connectivity index (χ0) is 13.4. The molecule has 0 saturated heterocycles.